The van der Waals surface area contributed by atoms with E-state index in [4.69, 9.17) is 4.74 Å². The van der Waals surface area contributed by atoms with E-state index in [1.807, 2.05) is 13.8 Å². The highest BCUT2D eigenvalue weighted by Gasteiger charge is 2.53. The van der Waals surface area contributed by atoms with E-state index in [0.717, 1.165) is 35.5 Å². The van der Waals surface area contributed by atoms with Crippen molar-refractivity contribution in [2.45, 2.75) is 104 Å². The third kappa shape index (κ3) is 3.97. The van der Waals surface area contributed by atoms with Crippen LogP contribution in [-0.4, -0.2) is 12.2 Å². The number of hydrogen-bond acceptors (Lipinski definition) is 1. The Morgan fingerprint density at radius 3 is 1.70 bits per heavy atom. The lowest BCUT2D eigenvalue weighted by Crippen LogP contribution is -2.32. The van der Waals surface area contributed by atoms with Gasteiger partial charge in [0, 0.05) is 0 Å². The van der Waals surface area contributed by atoms with E-state index in [-0.39, 0.29) is 0 Å². The molecule has 134 valence electrons. The molecule has 4 fully saturated rings. The molecule has 1 aliphatic heterocycles. The largest absolute Gasteiger partial charge is 0.369 e. The zero-order valence-corrected chi connectivity index (χ0v) is 16.1. The second-order valence-electron chi connectivity index (χ2n) is 8.98. The van der Waals surface area contributed by atoms with E-state index < -0.39 is 0 Å². The molecule has 4 atom stereocenters. The first kappa shape index (κ1) is 17.8. The maximum Gasteiger partial charge on any atom is 0.0875 e. The maximum atomic E-state index is 6.01. The molecule has 1 nitrogen and oxygen atoms in total. The molecule has 3 aliphatic carbocycles. The lowest BCUT2D eigenvalue weighted by atomic mass is 9.65. The topological polar surface area (TPSA) is 12.5 Å². The van der Waals surface area contributed by atoms with Gasteiger partial charge in [0.25, 0.3) is 0 Å². The first-order valence-corrected chi connectivity index (χ1v) is 10.9. The number of epoxide rings is 1. The molecule has 4 aliphatic rings. The number of ether oxygens (including phenoxy) is 1. The summed E-state index contributed by atoms with van der Waals surface area (Å²) in [5.74, 6) is 5.94. The second-order valence-corrected chi connectivity index (χ2v) is 8.98. The average molecular weight is 321 g/mol. The first-order chi connectivity index (χ1) is 11.2. The van der Waals surface area contributed by atoms with Gasteiger partial charge < -0.3 is 4.74 Å². The summed E-state index contributed by atoms with van der Waals surface area (Å²) in [6.45, 7) is 8.84. The van der Waals surface area contributed by atoms with Crippen LogP contribution < -0.4 is 0 Å². The number of rotatable bonds is 2. The van der Waals surface area contributed by atoms with Gasteiger partial charge in [0.15, 0.2) is 0 Å². The van der Waals surface area contributed by atoms with Crippen molar-refractivity contribution in [3.05, 3.63) is 0 Å². The predicted molar refractivity (Wildman–Crippen MR) is 98.5 cm³/mol. The SMILES string of the molecule is CC.CC1CCC(C2CCC(C3CCC(C)C4OC34)CC2)CC1. The Hall–Kier alpha value is -0.0400. The van der Waals surface area contributed by atoms with E-state index in [0.29, 0.717) is 12.2 Å². The van der Waals surface area contributed by atoms with Crippen LogP contribution in [0.3, 0.4) is 0 Å². The molecule has 1 heterocycles. The van der Waals surface area contributed by atoms with Gasteiger partial charge in [-0.05, 0) is 86.9 Å². The smallest absolute Gasteiger partial charge is 0.0875 e. The van der Waals surface area contributed by atoms with E-state index >= 15 is 0 Å². The van der Waals surface area contributed by atoms with Gasteiger partial charge in [-0.15, -0.1) is 0 Å². The molecule has 23 heavy (non-hydrogen) atoms. The third-order valence-electron chi connectivity index (χ3n) is 7.65. The van der Waals surface area contributed by atoms with Gasteiger partial charge in [-0.3, -0.25) is 0 Å². The summed E-state index contributed by atoms with van der Waals surface area (Å²) in [5, 5.41) is 0. The molecule has 0 radical (unpaired) electrons. The van der Waals surface area contributed by atoms with Crippen molar-refractivity contribution in [3.63, 3.8) is 0 Å². The summed E-state index contributed by atoms with van der Waals surface area (Å²) < 4.78 is 6.01. The van der Waals surface area contributed by atoms with Crippen LogP contribution >= 0.6 is 0 Å². The van der Waals surface area contributed by atoms with Crippen LogP contribution in [0.15, 0.2) is 0 Å². The summed E-state index contributed by atoms with van der Waals surface area (Å²) in [4.78, 5) is 0. The molecule has 4 rings (SSSR count). The van der Waals surface area contributed by atoms with E-state index in [1.54, 1.807) is 0 Å². The second kappa shape index (κ2) is 7.89. The molecular weight excluding hydrogens is 280 g/mol. The molecule has 1 saturated heterocycles. The van der Waals surface area contributed by atoms with E-state index in [2.05, 4.69) is 13.8 Å². The maximum absolute atomic E-state index is 6.01. The minimum atomic E-state index is 0.654. The van der Waals surface area contributed by atoms with Gasteiger partial charge >= 0.3 is 0 Å². The van der Waals surface area contributed by atoms with Gasteiger partial charge in [0.2, 0.25) is 0 Å². The van der Waals surface area contributed by atoms with Crippen molar-refractivity contribution in [1.82, 2.24) is 0 Å². The fraction of sp³-hybridized carbons (Fsp3) is 1.00. The summed E-state index contributed by atoms with van der Waals surface area (Å²) in [6, 6.07) is 0. The van der Waals surface area contributed by atoms with Gasteiger partial charge in [-0.2, -0.15) is 0 Å². The van der Waals surface area contributed by atoms with Gasteiger partial charge in [-0.25, -0.2) is 0 Å². The van der Waals surface area contributed by atoms with E-state index in [1.165, 1.54) is 64.2 Å². The molecule has 0 spiro atoms. The Labute approximate surface area is 144 Å². The zero-order chi connectivity index (χ0) is 16.4. The zero-order valence-electron chi connectivity index (χ0n) is 16.1. The van der Waals surface area contributed by atoms with Crippen molar-refractivity contribution in [2.75, 3.05) is 0 Å². The van der Waals surface area contributed by atoms with Crippen LogP contribution in [0, 0.1) is 35.5 Å². The van der Waals surface area contributed by atoms with E-state index in [9.17, 15) is 0 Å². The number of fused-ring (bicyclic) bond motifs is 1. The standard InChI is InChI=1S/C20H34O.C2H6/c1-13-3-6-15(7-4-13)16-8-10-17(11-9-16)18-12-5-14(2)19-20(18)21-19;1-2/h13-20H,3-12H2,1-2H3;1-2H3. The normalized spacial score (nSPS) is 49.6. The van der Waals surface area contributed by atoms with Gasteiger partial charge in [0.1, 0.15) is 0 Å². The fourth-order valence-corrected chi connectivity index (χ4v) is 6.03. The molecule has 1 heteroatoms. The molecular formula is C22H40O. The Balaban J connectivity index is 0.000000753. The van der Waals surface area contributed by atoms with Crippen molar-refractivity contribution < 1.29 is 4.74 Å². The molecule has 0 N–H and O–H groups in total. The Bertz CT molecular complexity index is 349. The van der Waals surface area contributed by atoms with Gasteiger partial charge in [0.05, 0.1) is 12.2 Å². The van der Waals surface area contributed by atoms with Crippen molar-refractivity contribution in [2.24, 2.45) is 35.5 Å². The van der Waals surface area contributed by atoms with Crippen molar-refractivity contribution >= 4 is 0 Å². The number of hydrogen-bond donors (Lipinski definition) is 0. The fourth-order valence-electron chi connectivity index (χ4n) is 6.03. The lowest BCUT2D eigenvalue weighted by molar-refractivity contribution is 0.111. The molecule has 0 aromatic carbocycles. The summed E-state index contributed by atoms with van der Waals surface area (Å²) >= 11 is 0. The average Bonchev–Trinajstić information content (AvgIpc) is 3.40. The van der Waals surface area contributed by atoms with Crippen LogP contribution in [0.1, 0.15) is 91.9 Å². The predicted octanol–water partition coefficient (Wildman–Crippen LogP) is 6.46. The summed E-state index contributed by atoms with van der Waals surface area (Å²) in [6.07, 6.45) is 16.4. The van der Waals surface area contributed by atoms with Crippen LogP contribution in [0.2, 0.25) is 0 Å². The highest BCUT2D eigenvalue weighted by molar-refractivity contribution is 5.00. The Morgan fingerprint density at radius 2 is 1.09 bits per heavy atom. The Morgan fingerprint density at radius 1 is 0.565 bits per heavy atom. The highest BCUT2D eigenvalue weighted by Crippen LogP contribution is 2.51. The van der Waals surface area contributed by atoms with Crippen molar-refractivity contribution in [1.29, 1.82) is 0 Å². The molecule has 0 bridgehead atoms. The van der Waals surface area contributed by atoms with Crippen LogP contribution in [0.4, 0.5) is 0 Å². The molecule has 0 aromatic heterocycles. The minimum Gasteiger partial charge on any atom is -0.369 e. The van der Waals surface area contributed by atoms with Crippen LogP contribution in [-0.2, 0) is 4.74 Å². The summed E-state index contributed by atoms with van der Waals surface area (Å²) in [5.41, 5.74) is 0. The summed E-state index contributed by atoms with van der Waals surface area (Å²) in [7, 11) is 0. The molecule has 0 amide bonds. The minimum absolute atomic E-state index is 0.654. The van der Waals surface area contributed by atoms with Crippen LogP contribution in [0.5, 0.6) is 0 Å². The molecule has 0 aromatic rings. The van der Waals surface area contributed by atoms with Crippen LogP contribution in [0.25, 0.3) is 0 Å². The monoisotopic (exact) mass is 320 g/mol. The molecule has 3 saturated carbocycles. The first-order valence-electron chi connectivity index (χ1n) is 10.9. The Kier molecular flexibility index (Phi) is 6.10. The third-order valence-corrected chi connectivity index (χ3v) is 7.65. The molecule has 4 unspecified atom stereocenters. The van der Waals surface area contributed by atoms with Gasteiger partial charge in [-0.1, -0.05) is 40.5 Å². The van der Waals surface area contributed by atoms with Crippen molar-refractivity contribution in [3.8, 4) is 0 Å². The quantitative estimate of drug-likeness (QED) is 0.532. The lowest BCUT2D eigenvalue weighted by Gasteiger charge is -2.40. The highest BCUT2D eigenvalue weighted by atomic mass is 16.6.